The number of pyridine rings is 1. The first-order valence-corrected chi connectivity index (χ1v) is 9.43. The molecule has 1 N–H and O–H groups in total. The van der Waals surface area contributed by atoms with Gasteiger partial charge < -0.3 is 9.73 Å². The fourth-order valence-electron chi connectivity index (χ4n) is 3.80. The summed E-state index contributed by atoms with van der Waals surface area (Å²) in [5, 5.41) is 3.56. The molecule has 0 bridgehead atoms. The molecule has 1 aliphatic rings. The Hall–Kier alpha value is -2.60. The number of halogens is 1. The smallest absolute Gasteiger partial charge is 0.408 e. The zero-order valence-corrected chi connectivity index (χ0v) is 16.0. The minimum absolute atomic E-state index is 0.0329. The van der Waals surface area contributed by atoms with Gasteiger partial charge >= 0.3 is 5.76 Å². The summed E-state index contributed by atoms with van der Waals surface area (Å²) < 4.78 is 6.63. The normalized spacial score (nSPS) is 16.3. The van der Waals surface area contributed by atoms with Gasteiger partial charge in [-0.2, -0.15) is 0 Å². The van der Waals surface area contributed by atoms with Gasteiger partial charge in [0.1, 0.15) is 5.52 Å². The maximum Gasteiger partial charge on any atom is 0.419 e. The Morgan fingerprint density at radius 3 is 2.96 bits per heavy atom. The Bertz CT molecular complexity index is 1100. The first kappa shape index (κ1) is 17.8. The maximum atomic E-state index is 11.9. The third-order valence-corrected chi connectivity index (χ3v) is 5.60. The number of hydrogen-bond donors (Lipinski definition) is 1. The molecule has 7 heteroatoms. The van der Waals surface area contributed by atoms with E-state index in [1.165, 1.54) is 4.57 Å². The van der Waals surface area contributed by atoms with Crippen LogP contribution >= 0.6 is 11.6 Å². The van der Waals surface area contributed by atoms with E-state index in [0.29, 0.717) is 22.5 Å². The number of carbonyl (C=O) groups excluding carboxylic acids is 1. The van der Waals surface area contributed by atoms with Gasteiger partial charge in [-0.05, 0) is 42.5 Å². The quantitative estimate of drug-likeness (QED) is 0.744. The van der Waals surface area contributed by atoms with Gasteiger partial charge in [0.15, 0.2) is 5.58 Å². The zero-order chi connectivity index (χ0) is 19.1. The molecular formula is C20H20ClN3O3. The topological polar surface area (TPSA) is 77.1 Å². The highest BCUT2D eigenvalue weighted by Crippen LogP contribution is 2.40. The summed E-state index contributed by atoms with van der Waals surface area (Å²) >= 11 is 6.66. The third-order valence-electron chi connectivity index (χ3n) is 5.22. The molecule has 0 radical (unpaired) electrons. The number of nitrogens with one attached hydrogen (secondary N) is 1. The third kappa shape index (κ3) is 2.94. The SMILES string of the molecule is CCC(=O)N[C@@H]1CCCc2c(-c3ccc4oc(=O)n(C)c4c3Cl)cncc21. The van der Waals surface area contributed by atoms with Gasteiger partial charge in [0.05, 0.1) is 11.1 Å². The minimum atomic E-state index is -0.445. The first-order valence-electron chi connectivity index (χ1n) is 9.05. The number of fused-ring (bicyclic) bond motifs is 2. The summed E-state index contributed by atoms with van der Waals surface area (Å²) in [6.07, 6.45) is 6.85. The molecule has 27 heavy (non-hydrogen) atoms. The molecule has 140 valence electrons. The molecule has 0 saturated carbocycles. The van der Waals surface area contributed by atoms with Gasteiger partial charge in [-0.25, -0.2) is 4.79 Å². The highest BCUT2D eigenvalue weighted by molar-refractivity contribution is 6.37. The van der Waals surface area contributed by atoms with Crippen molar-refractivity contribution in [1.82, 2.24) is 14.9 Å². The molecule has 4 rings (SSSR count). The molecule has 1 aliphatic carbocycles. The molecule has 0 saturated heterocycles. The maximum absolute atomic E-state index is 11.9. The Labute approximate surface area is 161 Å². The lowest BCUT2D eigenvalue weighted by Crippen LogP contribution is -2.30. The number of aryl methyl sites for hydroxylation is 1. The molecule has 1 amide bonds. The van der Waals surface area contributed by atoms with Crippen molar-refractivity contribution in [3.63, 3.8) is 0 Å². The van der Waals surface area contributed by atoms with Crippen LogP contribution in [0.2, 0.25) is 5.02 Å². The van der Waals surface area contributed by atoms with E-state index in [-0.39, 0.29) is 11.9 Å². The van der Waals surface area contributed by atoms with Crippen molar-refractivity contribution >= 4 is 28.6 Å². The summed E-state index contributed by atoms with van der Waals surface area (Å²) in [7, 11) is 1.64. The van der Waals surface area contributed by atoms with E-state index in [4.69, 9.17) is 16.0 Å². The molecule has 0 fully saturated rings. The van der Waals surface area contributed by atoms with Crippen LogP contribution in [0.3, 0.4) is 0 Å². The summed E-state index contributed by atoms with van der Waals surface area (Å²) in [4.78, 5) is 28.1. The van der Waals surface area contributed by atoms with E-state index in [0.717, 1.165) is 41.5 Å². The Morgan fingerprint density at radius 1 is 1.37 bits per heavy atom. The highest BCUT2D eigenvalue weighted by Gasteiger charge is 2.25. The lowest BCUT2D eigenvalue weighted by atomic mass is 9.84. The average molecular weight is 386 g/mol. The van der Waals surface area contributed by atoms with Crippen LogP contribution in [0.25, 0.3) is 22.2 Å². The van der Waals surface area contributed by atoms with Crippen LogP contribution in [0.5, 0.6) is 0 Å². The average Bonchev–Trinajstić information content (AvgIpc) is 2.97. The second-order valence-corrected chi connectivity index (χ2v) is 7.20. The van der Waals surface area contributed by atoms with E-state index in [1.54, 1.807) is 19.3 Å². The van der Waals surface area contributed by atoms with Crippen molar-refractivity contribution < 1.29 is 9.21 Å². The second kappa shape index (κ2) is 6.85. The largest absolute Gasteiger partial charge is 0.419 e. The molecule has 6 nitrogen and oxygen atoms in total. The number of carbonyl (C=O) groups is 1. The predicted molar refractivity (Wildman–Crippen MR) is 104 cm³/mol. The van der Waals surface area contributed by atoms with Gasteiger partial charge in [-0.15, -0.1) is 0 Å². The van der Waals surface area contributed by atoms with Crippen molar-refractivity contribution in [2.45, 2.75) is 38.6 Å². The number of oxazole rings is 1. The minimum Gasteiger partial charge on any atom is -0.408 e. The van der Waals surface area contributed by atoms with Crippen LogP contribution in [0.15, 0.2) is 33.7 Å². The fourth-order valence-corrected chi connectivity index (χ4v) is 4.19. The van der Waals surface area contributed by atoms with Gasteiger partial charge in [0, 0.05) is 37.0 Å². The van der Waals surface area contributed by atoms with Crippen molar-refractivity contribution in [3.05, 3.63) is 51.2 Å². The zero-order valence-electron chi connectivity index (χ0n) is 15.2. The van der Waals surface area contributed by atoms with E-state index in [9.17, 15) is 9.59 Å². The standard InChI is InChI=1S/C20H20ClN3O3/c1-3-17(25)23-15-6-4-5-11-13(9-22-10-14(11)15)12-7-8-16-19(18(12)21)24(2)20(26)27-16/h7-10,15H,3-6H2,1-2H3,(H,23,25)/t15-/m1/s1. The number of hydrogen-bond acceptors (Lipinski definition) is 4. The highest BCUT2D eigenvalue weighted by atomic mass is 35.5. The molecular weight excluding hydrogens is 366 g/mol. The van der Waals surface area contributed by atoms with Gasteiger partial charge in [0.25, 0.3) is 0 Å². The molecule has 3 aromatic rings. The van der Waals surface area contributed by atoms with Crippen molar-refractivity contribution in [2.75, 3.05) is 0 Å². The number of amides is 1. The van der Waals surface area contributed by atoms with E-state index >= 15 is 0 Å². The van der Waals surface area contributed by atoms with E-state index in [2.05, 4.69) is 10.3 Å². The van der Waals surface area contributed by atoms with Crippen molar-refractivity contribution in [1.29, 1.82) is 0 Å². The van der Waals surface area contributed by atoms with Crippen LogP contribution in [0.4, 0.5) is 0 Å². The van der Waals surface area contributed by atoms with Gasteiger partial charge in [-0.3, -0.25) is 14.3 Å². The van der Waals surface area contributed by atoms with E-state index < -0.39 is 5.76 Å². The van der Waals surface area contributed by atoms with E-state index in [1.807, 2.05) is 19.2 Å². The Balaban J connectivity index is 1.87. The molecule has 0 unspecified atom stereocenters. The monoisotopic (exact) mass is 385 g/mol. The molecule has 0 aliphatic heterocycles. The number of benzene rings is 1. The summed E-state index contributed by atoms with van der Waals surface area (Å²) in [6.45, 7) is 1.85. The Morgan fingerprint density at radius 2 is 2.19 bits per heavy atom. The summed E-state index contributed by atoms with van der Waals surface area (Å²) in [5.41, 5.74) is 4.96. The molecule has 2 heterocycles. The van der Waals surface area contributed by atoms with Gasteiger partial charge in [0.2, 0.25) is 5.91 Å². The molecule has 2 aromatic heterocycles. The summed E-state index contributed by atoms with van der Waals surface area (Å²) in [5.74, 6) is -0.411. The first-order chi connectivity index (χ1) is 13.0. The van der Waals surface area contributed by atoms with Gasteiger partial charge in [-0.1, -0.05) is 18.5 Å². The number of aromatic nitrogens is 2. The van der Waals surface area contributed by atoms with Crippen LogP contribution in [0, 0.1) is 0 Å². The lowest BCUT2D eigenvalue weighted by Gasteiger charge is -2.28. The van der Waals surface area contributed by atoms with Crippen molar-refractivity contribution in [2.24, 2.45) is 7.05 Å². The molecule has 1 atom stereocenters. The molecule has 1 aromatic carbocycles. The van der Waals surface area contributed by atoms with Crippen LogP contribution in [-0.4, -0.2) is 15.5 Å². The number of nitrogens with zero attached hydrogens (tertiary/aromatic N) is 2. The second-order valence-electron chi connectivity index (χ2n) is 6.82. The Kier molecular flexibility index (Phi) is 4.52. The van der Waals surface area contributed by atoms with Crippen LogP contribution in [0.1, 0.15) is 43.4 Å². The van der Waals surface area contributed by atoms with Crippen LogP contribution in [-0.2, 0) is 18.3 Å². The lowest BCUT2D eigenvalue weighted by molar-refractivity contribution is -0.121. The summed E-state index contributed by atoms with van der Waals surface area (Å²) in [6, 6.07) is 3.59. The van der Waals surface area contributed by atoms with Crippen molar-refractivity contribution in [3.8, 4) is 11.1 Å². The fraction of sp³-hybridized carbons (Fsp3) is 0.350. The van der Waals surface area contributed by atoms with Crippen LogP contribution < -0.4 is 11.1 Å². The predicted octanol–water partition coefficient (Wildman–Crippen LogP) is 3.75. The number of rotatable bonds is 3. The molecule has 0 spiro atoms.